The number of hydrogen-bond donors (Lipinski definition) is 2. The van der Waals surface area contributed by atoms with Gasteiger partial charge >= 0.3 is 5.97 Å². The Bertz CT molecular complexity index is 521. The summed E-state index contributed by atoms with van der Waals surface area (Å²) in [5.74, 6) is -1.68. The molecule has 0 saturated heterocycles. The van der Waals surface area contributed by atoms with Gasteiger partial charge in [-0.3, -0.25) is 0 Å². The van der Waals surface area contributed by atoms with E-state index < -0.39 is 11.8 Å². The minimum atomic E-state index is -1.14. The van der Waals surface area contributed by atoms with Crippen molar-refractivity contribution in [2.24, 2.45) is 0 Å². The van der Waals surface area contributed by atoms with E-state index in [9.17, 15) is 9.18 Å². The molecule has 14 heavy (non-hydrogen) atoms. The molecule has 0 bridgehead atoms. The van der Waals surface area contributed by atoms with Gasteiger partial charge in [-0.2, -0.15) is 0 Å². The van der Waals surface area contributed by atoms with Crippen molar-refractivity contribution < 1.29 is 14.3 Å². The number of aromatic carboxylic acids is 1. The lowest BCUT2D eigenvalue weighted by molar-refractivity contribution is 0.0696. The molecule has 0 aliphatic rings. The van der Waals surface area contributed by atoms with Crippen molar-refractivity contribution in [1.29, 1.82) is 0 Å². The van der Waals surface area contributed by atoms with Crippen molar-refractivity contribution >= 4 is 32.4 Å². The van der Waals surface area contributed by atoms with Crippen LogP contribution in [0, 0.1) is 5.82 Å². The van der Waals surface area contributed by atoms with Crippen molar-refractivity contribution in [2.75, 3.05) is 5.73 Å². The quantitative estimate of drug-likeness (QED) is 0.760. The molecule has 3 N–H and O–H groups in total. The highest BCUT2D eigenvalue weighted by atomic mass is 32.1. The molecule has 1 heterocycles. The SMILES string of the molecule is Nc1cc2cc(C(=O)O)cc(F)c2s1. The summed E-state index contributed by atoms with van der Waals surface area (Å²) in [4.78, 5) is 10.6. The molecular weight excluding hydrogens is 205 g/mol. The zero-order valence-corrected chi connectivity index (χ0v) is 7.77. The molecule has 3 nitrogen and oxygen atoms in total. The van der Waals surface area contributed by atoms with Crippen LogP contribution in [0.25, 0.3) is 10.1 Å². The minimum Gasteiger partial charge on any atom is -0.478 e. The van der Waals surface area contributed by atoms with Gasteiger partial charge in [0.05, 0.1) is 15.3 Å². The van der Waals surface area contributed by atoms with Crippen molar-refractivity contribution in [3.05, 3.63) is 29.6 Å². The second kappa shape index (κ2) is 2.95. The van der Waals surface area contributed by atoms with E-state index in [0.29, 0.717) is 15.1 Å². The van der Waals surface area contributed by atoms with Crippen LogP contribution in [0.2, 0.25) is 0 Å². The van der Waals surface area contributed by atoms with Crippen LogP contribution >= 0.6 is 11.3 Å². The zero-order chi connectivity index (χ0) is 10.3. The number of carbonyl (C=O) groups is 1. The largest absolute Gasteiger partial charge is 0.478 e. The first-order valence-electron chi connectivity index (χ1n) is 3.80. The third-order valence-corrected chi connectivity index (χ3v) is 2.83. The fraction of sp³-hybridized carbons (Fsp3) is 0. The molecule has 0 aliphatic heterocycles. The number of nitrogen functional groups attached to an aromatic ring is 1. The Morgan fingerprint density at radius 2 is 2.14 bits per heavy atom. The maximum atomic E-state index is 13.3. The molecule has 5 heteroatoms. The summed E-state index contributed by atoms with van der Waals surface area (Å²) in [5.41, 5.74) is 5.43. The van der Waals surface area contributed by atoms with E-state index >= 15 is 0 Å². The van der Waals surface area contributed by atoms with Crippen LogP contribution in [0.1, 0.15) is 10.4 Å². The fourth-order valence-corrected chi connectivity index (χ4v) is 2.07. The number of thiophene rings is 1. The molecule has 1 aromatic heterocycles. The van der Waals surface area contributed by atoms with E-state index in [0.717, 1.165) is 17.4 Å². The molecule has 0 fully saturated rings. The molecule has 0 atom stereocenters. The summed E-state index contributed by atoms with van der Waals surface area (Å²) in [6.07, 6.45) is 0. The van der Waals surface area contributed by atoms with Crippen molar-refractivity contribution in [1.82, 2.24) is 0 Å². The number of carboxylic acid groups (broad SMARTS) is 1. The van der Waals surface area contributed by atoms with Gasteiger partial charge in [0.15, 0.2) is 0 Å². The van der Waals surface area contributed by atoms with Gasteiger partial charge in [0.2, 0.25) is 0 Å². The van der Waals surface area contributed by atoms with E-state index in [1.807, 2.05) is 0 Å². The Morgan fingerprint density at radius 1 is 1.43 bits per heavy atom. The first kappa shape index (κ1) is 8.96. The maximum absolute atomic E-state index is 13.3. The van der Waals surface area contributed by atoms with Crippen molar-refractivity contribution in [3.63, 3.8) is 0 Å². The lowest BCUT2D eigenvalue weighted by Gasteiger charge is -1.95. The summed E-state index contributed by atoms with van der Waals surface area (Å²) in [5, 5.41) is 9.69. The standard InChI is InChI=1S/C9H6FNO2S/c10-6-2-5(9(12)13)1-4-3-7(11)14-8(4)6/h1-3H,11H2,(H,12,13). The highest BCUT2D eigenvalue weighted by Gasteiger charge is 2.10. The molecule has 0 spiro atoms. The van der Waals surface area contributed by atoms with Gasteiger partial charge < -0.3 is 10.8 Å². The average molecular weight is 211 g/mol. The molecule has 0 amide bonds. The van der Waals surface area contributed by atoms with E-state index in [2.05, 4.69) is 0 Å². The van der Waals surface area contributed by atoms with Gasteiger partial charge in [-0.1, -0.05) is 0 Å². The van der Waals surface area contributed by atoms with Crippen molar-refractivity contribution in [3.8, 4) is 0 Å². The Hall–Kier alpha value is -1.62. The molecule has 1 aromatic carbocycles. The Morgan fingerprint density at radius 3 is 2.79 bits per heavy atom. The average Bonchev–Trinajstić information content (AvgIpc) is 2.45. The number of halogens is 1. The predicted molar refractivity (Wildman–Crippen MR) is 53.2 cm³/mol. The number of fused-ring (bicyclic) bond motifs is 1. The second-order valence-electron chi connectivity index (χ2n) is 2.83. The highest BCUT2D eigenvalue weighted by molar-refractivity contribution is 7.22. The fourth-order valence-electron chi connectivity index (χ4n) is 1.25. The number of nitrogens with two attached hydrogens (primary N) is 1. The lowest BCUT2D eigenvalue weighted by atomic mass is 10.1. The first-order valence-corrected chi connectivity index (χ1v) is 4.61. The van der Waals surface area contributed by atoms with Gasteiger partial charge in [0.25, 0.3) is 0 Å². The van der Waals surface area contributed by atoms with Crippen LogP contribution in [0.5, 0.6) is 0 Å². The van der Waals surface area contributed by atoms with Gasteiger partial charge in [-0.25, -0.2) is 9.18 Å². The Kier molecular flexibility index (Phi) is 1.89. The predicted octanol–water partition coefficient (Wildman–Crippen LogP) is 2.32. The van der Waals surface area contributed by atoms with Gasteiger partial charge in [0.1, 0.15) is 5.82 Å². The molecule has 0 aliphatic carbocycles. The third-order valence-electron chi connectivity index (χ3n) is 1.84. The third kappa shape index (κ3) is 1.31. The molecule has 72 valence electrons. The second-order valence-corrected chi connectivity index (χ2v) is 3.91. The van der Waals surface area contributed by atoms with Gasteiger partial charge in [0, 0.05) is 0 Å². The molecule has 2 rings (SSSR count). The van der Waals surface area contributed by atoms with Gasteiger partial charge in [-0.05, 0) is 23.6 Å². The molecule has 0 saturated carbocycles. The van der Waals surface area contributed by atoms with E-state index in [1.165, 1.54) is 6.07 Å². The molecule has 2 aromatic rings. The molecule has 0 unspecified atom stereocenters. The Balaban J connectivity index is 2.77. The zero-order valence-electron chi connectivity index (χ0n) is 6.95. The molecular formula is C9H6FNO2S. The summed E-state index contributed by atoms with van der Waals surface area (Å²) >= 11 is 1.11. The number of rotatable bonds is 1. The van der Waals surface area contributed by atoms with Crippen LogP contribution in [-0.2, 0) is 0 Å². The van der Waals surface area contributed by atoms with Gasteiger partial charge in [-0.15, -0.1) is 11.3 Å². The smallest absolute Gasteiger partial charge is 0.335 e. The topological polar surface area (TPSA) is 63.3 Å². The summed E-state index contributed by atoms with van der Waals surface area (Å²) in [6, 6.07) is 3.98. The lowest BCUT2D eigenvalue weighted by Crippen LogP contribution is -1.96. The van der Waals surface area contributed by atoms with Crippen molar-refractivity contribution in [2.45, 2.75) is 0 Å². The van der Waals surface area contributed by atoms with E-state index in [1.54, 1.807) is 6.07 Å². The van der Waals surface area contributed by atoms with E-state index in [-0.39, 0.29) is 5.56 Å². The summed E-state index contributed by atoms with van der Waals surface area (Å²) in [6.45, 7) is 0. The number of benzene rings is 1. The minimum absolute atomic E-state index is 0.0622. The van der Waals surface area contributed by atoms with Crippen LogP contribution in [0.3, 0.4) is 0 Å². The summed E-state index contributed by atoms with van der Waals surface area (Å²) in [7, 11) is 0. The maximum Gasteiger partial charge on any atom is 0.335 e. The Labute approximate surface area is 82.6 Å². The van der Waals surface area contributed by atoms with E-state index in [4.69, 9.17) is 10.8 Å². The van der Waals surface area contributed by atoms with Crippen LogP contribution in [0.4, 0.5) is 9.39 Å². The van der Waals surface area contributed by atoms with Crippen LogP contribution in [0.15, 0.2) is 18.2 Å². The van der Waals surface area contributed by atoms with Crippen LogP contribution < -0.4 is 5.73 Å². The first-order chi connectivity index (χ1) is 6.58. The monoisotopic (exact) mass is 211 g/mol. The molecule has 0 radical (unpaired) electrons. The normalized spacial score (nSPS) is 10.6. The highest BCUT2D eigenvalue weighted by Crippen LogP contribution is 2.30. The summed E-state index contributed by atoms with van der Waals surface area (Å²) < 4.78 is 13.7. The van der Waals surface area contributed by atoms with Crippen LogP contribution in [-0.4, -0.2) is 11.1 Å². The number of hydrogen-bond acceptors (Lipinski definition) is 3. The number of anilines is 1. The number of carboxylic acids is 1.